The number of imide groups is 1. The number of amides is 2. The van der Waals surface area contributed by atoms with Crippen LogP contribution in [0.25, 0.3) is 0 Å². The van der Waals surface area contributed by atoms with Crippen LogP contribution in [0.1, 0.15) is 126 Å². The fourth-order valence-electron chi connectivity index (χ4n) is 12.5. The summed E-state index contributed by atoms with van der Waals surface area (Å²) in [6, 6.07) is 9.61. The summed E-state index contributed by atoms with van der Waals surface area (Å²) in [5.74, 6) is 1.72. The number of para-hydroxylation sites is 1. The molecule has 2 amide bonds. The van der Waals surface area contributed by atoms with Gasteiger partial charge in [0.25, 0.3) is 0 Å². The molecule has 6 aliphatic rings. The highest BCUT2D eigenvalue weighted by Crippen LogP contribution is 2.68. The van der Waals surface area contributed by atoms with Crippen molar-refractivity contribution < 1.29 is 19.1 Å². The minimum absolute atomic E-state index is 0.0283. The molecule has 0 bridgehead atoms. The molecule has 4 saturated carbocycles. The van der Waals surface area contributed by atoms with Crippen LogP contribution in [-0.2, 0) is 14.0 Å². The summed E-state index contributed by atoms with van der Waals surface area (Å²) in [7, 11) is -2.00. The number of rotatable bonds is 8. The van der Waals surface area contributed by atoms with Crippen molar-refractivity contribution in [3.63, 3.8) is 0 Å². The van der Waals surface area contributed by atoms with E-state index in [1.807, 2.05) is 30.3 Å². The van der Waals surface area contributed by atoms with Gasteiger partial charge in [-0.1, -0.05) is 97.1 Å². The first-order chi connectivity index (χ1) is 23.5. The normalized spacial score (nSPS) is 39.2. The van der Waals surface area contributed by atoms with E-state index in [1.165, 1.54) is 48.2 Å². The van der Waals surface area contributed by atoms with Gasteiger partial charge in [-0.15, -0.1) is 0 Å². The van der Waals surface area contributed by atoms with E-state index in [0.29, 0.717) is 23.9 Å². The molecule has 7 rings (SSSR count). The number of carbonyl (C=O) groups is 2. The van der Waals surface area contributed by atoms with Crippen LogP contribution >= 0.6 is 0 Å². The van der Waals surface area contributed by atoms with E-state index in [-0.39, 0.29) is 58.0 Å². The molecule has 5 nitrogen and oxygen atoms in total. The Morgan fingerprint density at radius 1 is 0.940 bits per heavy atom. The third-order valence-electron chi connectivity index (χ3n) is 16.0. The quantitative estimate of drug-likeness (QED) is 0.166. The SMILES string of the molecule is CC(C)CCC[C@@H](C)[C@H]1CC[C@@H]2[C@]1(C)CC[C@H]1CC3=C4CCC(O[Si](C)(C)C(C)(C)C)C[C@H]4[C@H]4C(=O)N(c5ccccc5)C(=O)[C@H]4[C@H]3C[C@]12O. The molecule has 1 N–H and O–H groups in total. The number of allylic oxidation sites excluding steroid dienone is 2. The summed E-state index contributed by atoms with van der Waals surface area (Å²) >= 11 is 0. The van der Waals surface area contributed by atoms with Crippen molar-refractivity contribution in [1.82, 2.24) is 0 Å². The van der Waals surface area contributed by atoms with Crippen molar-refractivity contribution in [1.29, 1.82) is 0 Å². The van der Waals surface area contributed by atoms with E-state index in [0.717, 1.165) is 44.4 Å². The number of carbonyl (C=O) groups excluding carboxylic acids is 2. The predicted molar refractivity (Wildman–Crippen MR) is 205 cm³/mol. The number of hydrogen-bond acceptors (Lipinski definition) is 4. The molecule has 5 aliphatic carbocycles. The molecule has 1 aromatic rings. The summed E-state index contributed by atoms with van der Waals surface area (Å²) in [6.45, 7) is 21.2. The maximum Gasteiger partial charge on any atom is 0.238 e. The van der Waals surface area contributed by atoms with Crippen LogP contribution in [0.2, 0.25) is 18.1 Å². The minimum atomic E-state index is -2.00. The maximum atomic E-state index is 14.7. The minimum Gasteiger partial charge on any atom is -0.414 e. The van der Waals surface area contributed by atoms with Crippen LogP contribution in [0, 0.1) is 58.7 Å². The molecule has 1 saturated heterocycles. The van der Waals surface area contributed by atoms with Gasteiger partial charge in [0.05, 0.1) is 23.1 Å². The Labute approximate surface area is 304 Å². The van der Waals surface area contributed by atoms with Crippen molar-refractivity contribution in [2.24, 2.45) is 58.7 Å². The Morgan fingerprint density at radius 3 is 2.28 bits per heavy atom. The lowest BCUT2D eigenvalue weighted by atomic mass is 9.46. The second-order valence-corrected chi connectivity index (χ2v) is 24.9. The molecule has 0 spiro atoms. The van der Waals surface area contributed by atoms with Gasteiger partial charge < -0.3 is 9.53 Å². The molecule has 6 heteroatoms. The average Bonchev–Trinajstić information content (AvgIpc) is 3.54. The Morgan fingerprint density at radius 2 is 1.62 bits per heavy atom. The van der Waals surface area contributed by atoms with Gasteiger partial charge in [-0.3, -0.25) is 14.5 Å². The van der Waals surface area contributed by atoms with Crippen LogP contribution in [0.3, 0.4) is 0 Å². The lowest BCUT2D eigenvalue weighted by Gasteiger charge is -2.60. The number of anilines is 1. The summed E-state index contributed by atoms with van der Waals surface area (Å²) in [6.07, 6.45) is 12.9. The molecule has 1 unspecified atom stereocenters. The lowest BCUT2D eigenvalue weighted by Crippen LogP contribution is -2.60. The molecule has 11 atom stereocenters. The summed E-state index contributed by atoms with van der Waals surface area (Å²) in [5, 5.41) is 13.3. The van der Waals surface area contributed by atoms with Crippen molar-refractivity contribution in [2.75, 3.05) is 4.90 Å². The van der Waals surface area contributed by atoms with E-state index in [2.05, 4.69) is 61.6 Å². The monoisotopic (exact) mass is 701 g/mol. The van der Waals surface area contributed by atoms with Gasteiger partial charge in [-0.05, 0) is 135 Å². The topological polar surface area (TPSA) is 66.8 Å². The van der Waals surface area contributed by atoms with E-state index in [9.17, 15) is 14.7 Å². The van der Waals surface area contributed by atoms with Gasteiger partial charge in [0.2, 0.25) is 11.8 Å². The third kappa shape index (κ3) is 5.84. The zero-order chi connectivity index (χ0) is 36.0. The molecular formula is C44H67NO4Si. The predicted octanol–water partition coefficient (Wildman–Crippen LogP) is 10.3. The fourth-order valence-corrected chi connectivity index (χ4v) is 13.9. The number of fused-ring (bicyclic) bond motifs is 8. The Bertz CT molecular complexity index is 1490. The fraction of sp³-hybridized carbons (Fsp3) is 0.773. The van der Waals surface area contributed by atoms with Gasteiger partial charge in [0, 0.05) is 6.10 Å². The summed E-state index contributed by atoms with van der Waals surface area (Å²) in [4.78, 5) is 30.9. The van der Waals surface area contributed by atoms with Gasteiger partial charge in [-0.25, -0.2) is 0 Å². The zero-order valence-electron chi connectivity index (χ0n) is 32.8. The zero-order valence-corrected chi connectivity index (χ0v) is 33.8. The van der Waals surface area contributed by atoms with E-state index < -0.39 is 19.8 Å². The second kappa shape index (κ2) is 13.0. The van der Waals surface area contributed by atoms with Crippen molar-refractivity contribution >= 4 is 25.8 Å². The van der Waals surface area contributed by atoms with Gasteiger partial charge in [0.1, 0.15) is 0 Å². The van der Waals surface area contributed by atoms with Crippen LogP contribution in [-0.4, -0.2) is 36.9 Å². The number of aliphatic hydroxyl groups is 1. The van der Waals surface area contributed by atoms with E-state index in [4.69, 9.17) is 4.43 Å². The Hall–Kier alpha value is -1.76. The standard InChI is InChI=1S/C44H67NO4Si/c1-27(2)14-13-15-28(3)36-20-21-37-43(36,7)23-22-29-24-33-32-19-18-31(49-50(8,9)42(4,5)6)25-34(32)38-39(35(33)26-44(29,37)48)41(47)45(40(38)46)30-16-11-10-12-17-30/h10-12,16-17,27-29,31,34-39,48H,13-15,18-26H2,1-9H3/t28-,29+,31?,34-,35+,36-,37-,38-,39+,43-,44+/m1/s1. The van der Waals surface area contributed by atoms with Gasteiger partial charge in [0.15, 0.2) is 8.32 Å². The number of nitrogens with zero attached hydrogens (tertiary/aromatic N) is 1. The Kier molecular flexibility index (Phi) is 9.49. The molecule has 276 valence electrons. The molecular weight excluding hydrogens is 635 g/mol. The van der Waals surface area contributed by atoms with Crippen molar-refractivity contribution in [3.05, 3.63) is 41.5 Å². The molecule has 1 heterocycles. The number of benzene rings is 1. The van der Waals surface area contributed by atoms with Crippen LogP contribution in [0.4, 0.5) is 5.69 Å². The molecule has 50 heavy (non-hydrogen) atoms. The van der Waals surface area contributed by atoms with E-state index in [1.54, 1.807) is 0 Å². The molecule has 0 radical (unpaired) electrons. The lowest BCUT2D eigenvalue weighted by molar-refractivity contribution is -0.173. The largest absolute Gasteiger partial charge is 0.414 e. The van der Waals surface area contributed by atoms with Crippen LogP contribution in [0.5, 0.6) is 0 Å². The van der Waals surface area contributed by atoms with Crippen molar-refractivity contribution in [3.8, 4) is 0 Å². The second-order valence-electron chi connectivity index (χ2n) is 20.1. The maximum absolute atomic E-state index is 14.7. The van der Waals surface area contributed by atoms with Crippen molar-refractivity contribution in [2.45, 2.75) is 155 Å². The molecule has 5 fully saturated rings. The third-order valence-corrected chi connectivity index (χ3v) is 20.5. The summed E-state index contributed by atoms with van der Waals surface area (Å²) in [5.41, 5.74) is 2.95. The molecule has 1 aliphatic heterocycles. The van der Waals surface area contributed by atoms with Crippen LogP contribution < -0.4 is 4.90 Å². The van der Waals surface area contributed by atoms with Gasteiger partial charge >= 0.3 is 0 Å². The Balaban J connectivity index is 1.22. The van der Waals surface area contributed by atoms with Crippen LogP contribution in [0.15, 0.2) is 41.5 Å². The van der Waals surface area contributed by atoms with Gasteiger partial charge in [-0.2, -0.15) is 0 Å². The number of hydrogen-bond donors (Lipinski definition) is 1. The molecule has 0 aromatic heterocycles. The average molecular weight is 702 g/mol. The highest BCUT2D eigenvalue weighted by Gasteiger charge is 2.67. The highest BCUT2D eigenvalue weighted by atomic mass is 28.4. The van der Waals surface area contributed by atoms with E-state index >= 15 is 0 Å². The first-order valence-electron chi connectivity index (χ1n) is 20.5. The first kappa shape index (κ1) is 36.6. The first-order valence-corrected chi connectivity index (χ1v) is 23.4. The highest BCUT2D eigenvalue weighted by molar-refractivity contribution is 6.74. The smallest absolute Gasteiger partial charge is 0.238 e. The summed E-state index contributed by atoms with van der Waals surface area (Å²) < 4.78 is 7.04. The molecule has 1 aromatic carbocycles.